The smallest absolute Gasteiger partial charge is 0.272 e. The summed E-state index contributed by atoms with van der Waals surface area (Å²) >= 11 is 0. The Morgan fingerprint density at radius 2 is 2.16 bits per heavy atom. The summed E-state index contributed by atoms with van der Waals surface area (Å²) in [6, 6.07) is 10.8. The monoisotopic (exact) mass is 341 g/mol. The van der Waals surface area contributed by atoms with Gasteiger partial charge in [-0.25, -0.2) is 0 Å². The molecule has 1 unspecified atom stereocenters. The third-order valence-corrected chi connectivity index (χ3v) is 4.90. The largest absolute Gasteiger partial charge is 0.351 e. The maximum Gasteiger partial charge on any atom is 0.272 e. The van der Waals surface area contributed by atoms with Gasteiger partial charge in [0.1, 0.15) is 0 Å². The van der Waals surface area contributed by atoms with Gasteiger partial charge in [-0.3, -0.25) is 14.8 Å². The fourth-order valence-electron chi connectivity index (χ4n) is 3.14. The molecule has 1 amide bonds. The van der Waals surface area contributed by atoms with E-state index in [2.05, 4.69) is 64.0 Å². The zero-order valence-corrected chi connectivity index (χ0v) is 15.0. The summed E-state index contributed by atoms with van der Waals surface area (Å²) in [7, 11) is 2.12. The highest BCUT2D eigenvalue weighted by atomic mass is 16.1. The summed E-state index contributed by atoms with van der Waals surface area (Å²) in [5, 5.41) is 13.5. The number of nitrogens with one attached hydrogen (secondary N) is 3. The second-order valence-corrected chi connectivity index (χ2v) is 6.75. The SMILES string of the molecule is CC(CCNC(=O)c1n[nH]c2c1CNCC2)N(C)Cc1ccccc1. The van der Waals surface area contributed by atoms with Crippen LogP contribution in [0.2, 0.25) is 0 Å². The van der Waals surface area contributed by atoms with E-state index in [0.717, 1.165) is 37.2 Å². The average Bonchev–Trinajstić information content (AvgIpc) is 3.06. The summed E-state index contributed by atoms with van der Waals surface area (Å²) in [6.45, 7) is 5.39. The molecule has 0 spiro atoms. The molecule has 0 aliphatic carbocycles. The first-order valence-corrected chi connectivity index (χ1v) is 8.94. The summed E-state index contributed by atoms with van der Waals surface area (Å²) < 4.78 is 0. The van der Waals surface area contributed by atoms with E-state index >= 15 is 0 Å². The highest BCUT2D eigenvalue weighted by Crippen LogP contribution is 2.15. The number of fused-ring (bicyclic) bond motifs is 1. The van der Waals surface area contributed by atoms with Gasteiger partial charge in [0.25, 0.3) is 5.91 Å². The highest BCUT2D eigenvalue weighted by Gasteiger charge is 2.21. The Balaban J connectivity index is 1.45. The van der Waals surface area contributed by atoms with Crippen molar-refractivity contribution in [3.63, 3.8) is 0 Å². The molecule has 1 aromatic heterocycles. The van der Waals surface area contributed by atoms with Gasteiger partial charge >= 0.3 is 0 Å². The van der Waals surface area contributed by atoms with Gasteiger partial charge in [0, 0.05) is 49.9 Å². The lowest BCUT2D eigenvalue weighted by atomic mass is 10.1. The number of carbonyl (C=O) groups is 1. The first-order valence-electron chi connectivity index (χ1n) is 8.94. The lowest BCUT2D eigenvalue weighted by molar-refractivity contribution is 0.0943. The van der Waals surface area contributed by atoms with E-state index in [9.17, 15) is 4.79 Å². The number of carbonyl (C=O) groups excluding carboxylic acids is 1. The number of benzene rings is 1. The first-order chi connectivity index (χ1) is 12.1. The molecule has 2 aromatic rings. The van der Waals surface area contributed by atoms with Crippen LogP contribution in [0.4, 0.5) is 0 Å². The van der Waals surface area contributed by atoms with E-state index in [1.165, 1.54) is 5.56 Å². The molecule has 1 aromatic carbocycles. The summed E-state index contributed by atoms with van der Waals surface area (Å²) in [5.74, 6) is -0.0842. The van der Waals surface area contributed by atoms with Crippen LogP contribution in [0.25, 0.3) is 0 Å². The standard InChI is InChI=1S/C19H27N5O/c1-14(24(2)13-15-6-4-3-5-7-15)8-11-21-19(25)18-16-12-20-10-9-17(16)22-23-18/h3-7,14,20H,8-13H2,1-2H3,(H,21,25)(H,22,23). The van der Waals surface area contributed by atoms with Crippen molar-refractivity contribution in [2.45, 2.75) is 38.9 Å². The third kappa shape index (κ3) is 4.46. The molecule has 1 aliphatic heterocycles. The first kappa shape index (κ1) is 17.6. The summed E-state index contributed by atoms with van der Waals surface area (Å²) in [6.07, 6.45) is 1.80. The van der Waals surface area contributed by atoms with E-state index in [-0.39, 0.29) is 5.91 Å². The molecule has 6 nitrogen and oxygen atoms in total. The maximum atomic E-state index is 12.4. The Labute approximate surface area is 149 Å². The minimum absolute atomic E-state index is 0.0842. The Kier molecular flexibility index (Phi) is 5.83. The fourth-order valence-corrected chi connectivity index (χ4v) is 3.14. The quantitative estimate of drug-likeness (QED) is 0.717. The lowest BCUT2D eigenvalue weighted by Crippen LogP contribution is -2.34. The van der Waals surface area contributed by atoms with Crippen LogP contribution in [-0.4, -0.2) is 47.2 Å². The number of H-pyrrole nitrogens is 1. The molecule has 0 saturated heterocycles. The van der Waals surface area contributed by atoms with Crippen molar-refractivity contribution >= 4 is 5.91 Å². The van der Waals surface area contributed by atoms with Crippen LogP contribution in [0, 0.1) is 0 Å². The van der Waals surface area contributed by atoms with Gasteiger partial charge < -0.3 is 10.6 Å². The average molecular weight is 341 g/mol. The van der Waals surface area contributed by atoms with Crippen LogP contribution in [-0.2, 0) is 19.5 Å². The molecule has 3 N–H and O–H groups in total. The summed E-state index contributed by atoms with van der Waals surface area (Å²) in [4.78, 5) is 14.7. The normalized spacial score (nSPS) is 15.0. The van der Waals surface area contributed by atoms with Crippen LogP contribution >= 0.6 is 0 Å². The van der Waals surface area contributed by atoms with Crippen LogP contribution in [0.3, 0.4) is 0 Å². The van der Waals surface area contributed by atoms with Gasteiger partial charge in [0.2, 0.25) is 0 Å². The van der Waals surface area contributed by atoms with E-state index in [4.69, 9.17) is 0 Å². The molecule has 0 fully saturated rings. The van der Waals surface area contributed by atoms with Crippen molar-refractivity contribution in [3.8, 4) is 0 Å². The Bertz CT molecular complexity index is 697. The van der Waals surface area contributed by atoms with Crippen molar-refractivity contribution in [1.29, 1.82) is 0 Å². The molecule has 134 valence electrons. The van der Waals surface area contributed by atoms with Crippen LogP contribution < -0.4 is 10.6 Å². The van der Waals surface area contributed by atoms with E-state index in [1.807, 2.05) is 6.07 Å². The molecular formula is C19H27N5O. The molecular weight excluding hydrogens is 314 g/mol. The predicted octanol–water partition coefficient (Wildman–Crippen LogP) is 1.70. The minimum atomic E-state index is -0.0842. The van der Waals surface area contributed by atoms with Gasteiger partial charge in [-0.2, -0.15) is 5.10 Å². The predicted molar refractivity (Wildman–Crippen MR) is 98.3 cm³/mol. The molecule has 2 heterocycles. The van der Waals surface area contributed by atoms with E-state index in [1.54, 1.807) is 0 Å². The van der Waals surface area contributed by atoms with E-state index in [0.29, 0.717) is 24.8 Å². The maximum absolute atomic E-state index is 12.4. The van der Waals surface area contributed by atoms with Crippen LogP contribution in [0.5, 0.6) is 0 Å². The summed E-state index contributed by atoms with van der Waals surface area (Å²) in [5.41, 5.74) is 3.93. The minimum Gasteiger partial charge on any atom is -0.351 e. The van der Waals surface area contributed by atoms with Crippen molar-refractivity contribution in [1.82, 2.24) is 25.7 Å². The number of aromatic nitrogens is 2. The zero-order chi connectivity index (χ0) is 17.6. The molecule has 1 atom stereocenters. The lowest BCUT2D eigenvalue weighted by Gasteiger charge is -2.24. The van der Waals surface area contributed by atoms with Gasteiger partial charge in [-0.1, -0.05) is 30.3 Å². The van der Waals surface area contributed by atoms with Crippen molar-refractivity contribution in [2.75, 3.05) is 20.1 Å². The van der Waals surface area contributed by atoms with Gasteiger partial charge in [0.05, 0.1) is 0 Å². The number of aromatic amines is 1. The fraction of sp³-hybridized carbons (Fsp3) is 0.474. The zero-order valence-electron chi connectivity index (χ0n) is 15.0. The van der Waals surface area contributed by atoms with Crippen molar-refractivity contribution < 1.29 is 4.79 Å². The Morgan fingerprint density at radius 3 is 2.96 bits per heavy atom. The molecule has 25 heavy (non-hydrogen) atoms. The Morgan fingerprint density at radius 1 is 1.36 bits per heavy atom. The van der Waals surface area contributed by atoms with Gasteiger partial charge in [0.15, 0.2) is 5.69 Å². The van der Waals surface area contributed by atoms with Crippen LogP contribution in [0.15, 0.2) is 30.3 Å². The second kappa shape index (κ2) is 8.27. The third-order valence-electron chi connectivity index (χ3n) is 4.90. The molecule has 1 aliphatic rings. The molecule has 0 saturated carbocycles. The number of hydrogen-bond acceptors (Lipinski definition) is 4. The highest BCUT2D eigenvalue weighted by molar-refractivity contribution is 5.94. The number of nitrogens with zero attached hydrogens (tertiary/aromatic N) is 2. The molecule has 3 rings (SSSR count). The second-order valence-electron chi connectivity index (χ2n) is 6.75. The molecule has 0 radical (unpaired) electrons. The van der Waals surface area contributed by atoms with Crippen molar-refractivity contribution in [3.05, 3.63) is 52.8 Å². The van der Waals surface area contributed by atoms with E-state index < -0.39 is 0 Å². The number of amides is 1. The van der Waals surface area contributed by atoms with Gasteiger partial charge in [-0.05, 0) is 26.0 Å². The topological polar surface area (TPSA) is 73.0 Å². The number of hydrogen-bond donors (Lipinski definition) is 3. The van der Waals surface area contributed by atoms with Gasteiger partial charge in [-0.15, -0.1) is 0 Å². The Hall–Kier alpha value is -2.18. The molecule has 6 heteroatoms. The van der Waals surface area contributed by atoms with Crippen LogP contribution in [0.1, 0.15) is 40.7 Å². The molecule has 0 bridgehead atoms. The number of rotatable bonds is 7. The van der Waals surface area contributed by atoms with Crippen molar-refractivity contribution in [2.24, 2.45) is 0 Å².